The highest BCUT2D eigenvalue weighted by atomic mass is 16.2. The van der Waals surface area contributed by atoms with Crippen molar-refractivity contribution >= 4 is 5.91 Å². The number of carbonyl (C=O) groups excluding carboxylic acids is 1. The van der Waals surface area contributed by atoms with E-state index in [4.69, 9.17) is 0 Å². The van der Waals surface area contributed by atoms with Gasteiger partial charge < -0.3 is 4.90 Å². The van der Waals surface area contributed by atoms with Crippen LogP contribution in [-0.4, -0.2) is 24.4 Å². The number of rotatable bonds is 0. The molecule has 7 heavy (non-hydrogen) atoms. The summed E-state index contributed by atoms with van der Waals surface area (Å²) in [4.78, 5) is 12.2. The van der Waals surface area contributed by atoms with Crippen LogP contribution < -0.4 is 0 Å². The minimum Gasteiger partial charge on any atom is -0.345 e. The second kappa shape index (κ2) is 1.52. The van der Waals surface area contributed by atoms with Crippen LogP contribution in [-0.2, 0) is 4.79 Å². The molecule has 0 spiro atoms. The van der Waals surface area contributed by atoms with Crippen molar-refractivity contribution in [3.05, 3.63) is 6.42 Å². The van der Waals surface area contributed by atoms with Gasteiger partial charge in [-0.15, -0.1) is 0 Å². The van der Waals surface area contributed by atoms with Gasteiger partial charge in [-0.2, -0.15) is 0 Å². The number of hydrogen-bond donors (Lipinski definition) is 0. The Morgan fingerprint density at radius 1 is 1.86 bits per heavy atom. The molecule has 0 aliphatic carbocycles. The summed E-state index contributed by atoms with van der Waals surface area (Å²) in [6.07, 6.45) is 2.61. The summed E-state index contributed by atoms with van der Waals surface area (Å²) in [5, 5.41) is 0. The Morgan fingerprint density at radius 3 is 2.71 bits per heavy atom. The summed E-state index contributed by atoms with van der Waals surface area (Å²) in [5.74, 6) is 0.236. The van der Waals surface area contributed by atoms with Gasteiger partial charge >= 0.3 is 0 Å². The maximum absolute atomic E-state index is 10.5. The molecule has 1 rings (SSSR count). The lowest BCUT2D eigenvalue weighted by Crippen LogP contribution is -2.17. The first-order valence-corrected chi connectivity index (χ1v) is 2.36. The molecule has 1 saturated heterocycles. The molecule has 1 aliphatic heterocycles. The highest BCUT2D eigenvalue weighted by Crippen LogP contribution is 2.03. The SMILES string of the molecule is CN1C[CH]CC1=O. The molecule has 0 aromatic carbocycles. The van der Waals surface area contributed by atoms with Crippen LogP contribution in [0.25, 0.3) is 0 Å². The van der Waals surface area contributed by atoms with Gasteiger partial charge in [0.15, 0.2) is 0 Å². The van der Waals surface area contributed by atoms with Crippen LogP contribution in [0.2, 0.25) is 0 Å². The van der Waals surface area contributed by atoms with E-state index >= 15 is 0 Å². The summed E-state index contributed by atoms with van der Waals surface area (Å²) >= 11 is 0. The van der Waals surface area contributed by atoms with E-state index in [1.165, 1.54) is 0 Å². The van der Waals surface area contributed by atoms with Crippen molar-refractivity contribution in [1.29, 1.82) is 0 Å². The van der Waals surface area contributed by atoms with Gasteiger partial charge in [0.1, 0.15) is 0 Å². The molecule has 0 atom stereocenters. The molecule has 0 N–H and O–H groups in total. The zero-order valence-corrected chi connectivity index (χ0v) is 4.35. The summed E-state index contributed by atoms with van der Waals surface area (Å²) in [6.45, 7) is 0.832. The minimum atomic E-state index is 0.236. The fraction of sp³-hybridized carbons (Fsp3) is 0.600. The van der Waals surface area contributed by atoms with Gasteiger partial charge in [0.05, 0.1) is 0 Å². The average molecular weight is 98.1 g/mol. The van der Waals surface area contributed by atoms with Crippen molar-refractivity contribution in [2.75, 3.05) is 13.6 Å². The van der Waals surface area contributed by atoms with Crippen molar-refractivity contribution in [2.24, 2.45) is 0 Å². The molecular weight excluding hydrogens is 90.1 g/mol. The Balaban J connectivity index is 2.48. The summed E-state index contributed by atoms with van der Waals surface area (Å²) in [5.41, 5.74) is 0. The van der Waals surface area contributed by atoms with Crippen LogP contribution in [0.1, 0.15) is 6.42 Å². The lowest BCUT2D eigenvalue weighted by molar-refractivity contribution is -0.126. The first kappa shape index (κ1) is 4.62. The van der Waals surface area contributed by atoms with E-state index in [0.717, 1.165) is 6.54 Å². The molecule has 0 aromatic rings. The smallest absolute Gasteiger partial charge is 0.222 e. The lowest BCUT2D eigenvalue weighted by atomic mass is 10.4. The third-order valence-electron chi connectivity index (χ3n) is 1.15. The van der Waals surface area contributed by atoms with Crippen molar-refractivity contribution in [3.63, 3.8) is 0 Å². The predicted molar refractivity (Wildman–Crippen MR) is 26.6 cm³/mol. The van der Waals surface area contributed by atoms with Gasteiger partial charge in [-0.05, 0) is 6.42 Å². The number of hydrogen-bond acceptors (Lipinski definition) is 1. The second-order valence-electron chi connectivity index (χ2n) is 1.77. The molecule has 1 radical (unpaired) electrons. The van der Waals surface area contributed by atoms with Crippen molar-refractivity contribution < 1.29 is 4.79 Å². The molecule has 1 fully saturated rings. The van der Waals surface area contributed by atoms with E-state index < -0.39 is 0 Å². The van der Waals surface area contributed by atoms with E-state index in [2.05, 4.69) is 0 Å². The molecule has 0 unspecified atom stereocenters. The zero-order chi connectivity index (χ0) is 5.28. The topological polar surface area (TPSA) is 20.3 Å². The van der Waals surface area contributed by atoms with Crippen molar-refractivity contribution in [2.45, 2.75) is 6.42 Å². The third kappa shape index (κ3) is 0.734. The highest BCUT2D eigenvalue weighted by molar-refractivity contribution is 5.79. The molecule has 1 heterocycles. The molecule has 39 valence electrons. The second-order valence-corrected chi connectivity index (χ2v) is 1.77. The Bertz CT molecular complexity index is 90.1. The average Bonchev–Trinajstić information content (AvgIpc) is 1.91. The number of likely N-dealkylation sites (tertiary alicyclic amines) is 1. The van der Waals surface area contributed by atoms with Gasteiger partial charge in [-0.3, -0.25) is 4.79 Å². The normalized spacial score (nSPS) is 21.3. The quantitative estimate of drug-likeness (QED) is 0.419. The van der Waals surface area contributed by atoms with Crippen LogP contribution in [0.5, 0.6) is 0 Å². The molecule has 0 bridgehead atoms. The third-order valence-corrected chi connectivity index (χ3v) is 1.15. The zero-order valence-electron chi connectivity index (χ0n) is 4.35. The molecule has 1 amide bonds. The van der Waals surface area contributed by atoms with Gasteiger partial charge in [0.25, 0.3) is 0 Å². The van der Waals surface area contributed by atoms with Crippen LogP contribution in [0.4, 0.5) is 0 Å². The van der Waals surface area contributed by atoms with E-state index in [0.29, 0.717) is 6.42 Å². The molecule has 2 nitrogen and oxygen atoms in total. The first-order valence-electron chi connectivity index (χ1n) is 2.36. The maximum Gasteiger partial charge on any atom is 0.222 e. The molecule has 0 aromatic heterocycles. The predicted octanol–water partition coefficient (Wildman–Crippen LogP) is 0.0528. The van der Waals surface area contributed by atoms with Crippen LogP contribution >= 0.6 is 0 Å². The van der Waals surface area contributed by atoms with Crippen molar-refractivity contribution in [3.8, 4) is 0 Å². The highest BCUT2D eigenvalue weighted by Gasteiger charge is 2.14. The number of amides is 1. The number of nitrogens with zero attached hydrogens (tertiary/aromatic N) is 1. The summed E-state index contributed by atoms with van der Waals surface area (Å²) in [7, 11) is 1.81. The Morgan fingerprint density at radius 2 is 2.57 bits per heavy atom. The maximum atomic E-state index is 10.5. The Hall–Kier alpha value is -0.530. The largest absolute Gasteiger partial charge is 0.345 e. The molecule has 0 saturated carbocycles. The Kier molecular flexibility index (Phi) is 1.01. The van der Waals surface area contributed by atoms with E-state index in [-0.39, 0.29) is 5.91 Å². The summed E-state index contributed by atoms with van der Waals surface area (Å²) < 4.78 is 0. The Labute approximate surface area is 43.1 Å². The van der Waals surface area contributed by atoms with Crippen LogP contribution in [0.15, 0.2) is 0 Å². The van der Waals surface area contributed by atoms with Gasteiger partial charge in [-0.1, -0.05) is 0 Å². The van der Waals surface area contributed by atoms with Gasteiger partial charge in [0, 0.05) is 20.0 Å². The van der Waals surface area contributed by atoms with E-state index in [9.17, 15) is 4.79 Å². The minimum absolute atomic E-state index is 0.236. The van der Waals surface area contributed by atoms with E-state index in [1.807, 2.05) is 13.5 Å². The van der Waals surface area contributed by atoms with Gasteiger partial charge in [0.2, 0.25) is 5.91 Å². The fourth-order valence-electron chi connectivity index (χ4n) is 0.639. The molecule has 1 aliphatic rings. The van der Waals surface area contributed by atoms with E-state index in [1.54, 1.807) is 4.90 Å². The summed E-state index contributed by atoms with van der Waals surface area (Å²) in [6, 6.07) is 0. The fourth-order valence-corrected chi connectivity index (χ4v) is 0.639. The van der Waals surface area contributed by atoms with Crippen LogP contribution in [0, 0.1) is 6.42 Å². The molecule has 2 heteroatoms. The molecular formula is C5H8NO. The lowest BCUT2D eigenvalue weighted by Gasteiger charge is -2.03. The van der Waals surface area contributed by atoms with Gasteiger partial charge in [-0.25, -0.2) is 0 Å². The first-order chi connectivity index (χ1) is 3.30. The number of carbonyl (C=O) groups is 1. The van der Waals surface area contributed by atoms with Crippen LogP contribution in [0.3, 0.4) is 0 Å². The standard InChI is InChI=1S/C5H8NO/c1-6-4-2-3-5(6)7/h2H,3-4H2,1H3. The van der Waals surface area contributed by atoms with Crippen molar-refractivity contribution in [1.82, 2.24) is 4.90 Å². The monoisotopic (exact) mass is 98.1 g/mol.